The summed E-state index contributed by atoms with van der Waals surface area (Å²) in [6.45, 7) is 0. The van der Waals surface area contributed by atoms with Crippen LogP contribution < -0.4 is 10.0 Å². The predicted molar refractivity (Wildman–Crippen MR) is 112 cm³/mol. The second kappa shape index (κ2) is 9.38. The van der Waals surface area contributed by atoms with E-state index >= 15 is 0 Å². The third-order valence-corrected chi connectivity index (χ3v) is 6.08. The SMILES string of the molecule is O=C(CCSc1ccccc1)Nc1ccc(S(=O)(=O)Nc2ccccn2)cc1. The number of benzene rings is 2. The van der Waals surface area contributed by atoms with Crippen LogP contribution in [0.3, 0.4) is 0 Å². The molecule has 0 saturated heterocycles. The molecule has 6 nitrogen and oxygen atoms in total. The number of amides is 1. The van der Waals surface area contributed by atoms with Crippen LogP contribution in [0.2, 0.25) is 0 Å². The molecule has 1 aromatic heterocycles. The van der Waals surface area contributed by atoms with E-state index in [1.807, 2.05) is 30.3 Å². The highest BCUT2D eigenvalue weighted by Gasteiger charge is 2.14. The molecular weight excluding hydrogens is 394 g/mol. The van der Waals surface area contributed by atoms with E-state index < -0.39 is 10.0 Å². The molecule has 0 aliphatic rings. The Morgan fingerprint density at radius 3 is 2.32 bits per heavy atom. The maximum atomic E-state index is 12.4. The first-order valence-corrected chi connectivity index (χ1v) is 11.0. The third kappa shape index (κ3) is 5.83. The molecule has 144 valence electrons. The van der Waals surface area contributed by atoms with Crippen LogP contribution in [0.25, 0.3) is 0 Å². The van der Waals surface area contributed by atoms with E-state index in [0.29, 0.717) is 17.9 Å². The molecule has 0 unspecified atom stereocenters. The second-order valence-corrected chi connectivity index (χ2v) is 8.66. The zero-order valence-corrected chi connectivity index (χ0v) is 16.5. The Labute approximate surface area is 168 Å². The summed E-state index contributed by atoms with van der Waals surface area (Å²) in [5, 5.41) is 2.78. The van der Waals surface area contributed by atoms with E-state index in [1.54, 1.807) is 42.1 Å². The molecule has 3 rings (SSSR count). The van der Waals surface area contributed by atoms with Crippen molar-refractivity contribution >= 4 is 39.2 Å². The van der Waals surface area contributed by atoms with Crippen molar-refractivity contribution in [1.29, 1.82) is 0 Å². The Kier molecular flexibility index (Phi) is 6.67. The van der Waals surface area contributed by atoms with Crippen LogP contribution in [0.15, 0.2) is 88.8 Å². The molecule has 8 heteroatoms. The summed E-state index contributed by atoms with van der Waals surface area (Å²) in [6, 6.07) is 20.9. The molecular formula is C20H19N3O3S2. The van der Waals surface area contributed by atoms with Crippen molar-refractivity contribution in [2.75, 3.05) is 15.8 Å². The predicted octanol–water partition coefficient (Wildman–Crippen LogP) is 4.00. The van der Waals surface area contributed by atoms with Gasteiger partial charge in [0.15, 0.2) is 0 Å². The highest BCUT2D eigenvalue weighted by Crippen LogP contribution is 2.19. The topological polar surface area (TPSA) is 88.2 Å². The number of anilines is 2. The lowest BCUT2D eigenvalue weighted by Gasteiger charge is -2.09. The number of rotatable bonds is 8. The number of aromatic nitrogens is 1. The van der Waals surface area contributed by atoms with Gasteiger partial charge in [-0.25, -0.2) is 13.4 Å². The second-order valence-electron chi connectivity index (χ2n) is 5.80. The van der Waals surface area contributed by atoms with Gasteiger partial charge in [0.2, 0.25) is 5.91 Å². The quantitative estimate of drug-likeness (QED) is 0.545. The smallest absolute Gasteiger partial charge is 0.263 e. The number of hydrogen-bond acceptors (Lipinski definition) is 5. The zero-order valence-electron chi connectivity index (χ0n) is 14.9. The van der Waals surface area contributed by atoms with E-state index in [-0.39, 0.29) is 16.6 Å². The van der Waals surface area contributed by atoms with Gasteiger partial charge < -0.3 is 5.32 Å². The van der Waals surface area contributed by atoms with Crippen LogP contribution in [0.1, 0.15) is 6.42 Å². The fraction of sp³-hybridized carbons (Fsp3) is 0.100. The lowest BCUT2D eigenvalue weighted by atomic mass is 10.3. The number of thioether (sulfide) groups is 1. The average Bonchev–Trinajstić information content (AvgIpc) is 2.70. The number of nitrogens with zero attached hydrogens (tertiary/aromatic N) is 1. The largest absolute Gasteiger partial charge is 0.326 e. The van der Waals surface area contributed by atoms with Crippen molar-refractivity contribution in [2.24, 2.45) is 0 Å². The Morgan fingerprint density at radius 2 is 1.64 bits per heavy atom. The average molecular weight is 414 g/mol. The summed E-state index contributed by atoms with van der Waals surface area (Å²) >= 11 is 1.61. The number of carbonyl (C=O) groups excluding carboxylic acids is 1. The number of carbonyl (C=O) groups is 1. The lowest BCUT2D eigenvalue weighted by Crippen LogP contribution is -2.14. The molecule has 0 aliphatic carbocycles. The highest BCUT2D eigenvalue weighted by molar-refractivity contribution is 7.99. The van der Waals surface area contributed by atoms with E-state index in [9.17, 15) is 13.2 Å². The normalized spacial score (nSPS) is 11.0. The highest BCUT2D eigenvalue weighted by atomic mass is 32.2. The molecule has 2 N–H and O–H groups in total. The Bertz CT molecular complexity index is 1010. The summed E-state index contributed by atoms with van der Waals surface area (Å²) in [5.41, 5.74) is 0.548. The van der Waals surface area contributed by atoms with Gasteiger partial charge in [0, 0.05) is 29.0 Å². The summed E-state index contributed by atoms with van der Waals surface area (Å²) in [5.74, 6) is 0.789. The first-order chi connectivity index (χ1) is 13.5. The van der Waals surface area contributed by atoms with Crippen molar-refractivity contribution in [3.8, 4) is 0 Å². The molecule has 0 fully saturated rings. The maximum Gasteiger partial charge on any atom is 0.263 e. The van der Waals surface area contributed by atoms with Crippen LogP contribution in [-0.2, 0) is 14.8 Å². The number of nitrogens with one attached hydrogen (secondary N) is 2. The summed E-state index contributed by atoms with van der Waals surface area (Å²) in [7, 11) is -3.73. The van der Waals surface area contributed by atoms with Gasteiger partial charge in [-0.05, 0) is 48.5 Å². The van der Waals surface area contributed by atoms with Gasteiger partial charge in [-0.2, -0.15) is 0 Å². The van der Waals surface area contributed by atoms with Crippen LogP contribution in [0.4, 0.5) is 11.5 Å². The summed E-state index contributed by atoms with van der Waals surface area (Å²) < 4.78 is 27.1. The van der Waals surface area contributed by atoms with Crippen molar-refractivity contribution in [2.45, 2.75) is 16.2 Å². The number of pyridine rings is 1. The van der Waals surface area contributed by atoms with Gasteiger partial charge in [-0.15, -0.1) is 11.8 Å². The van der Waals surface area contributed by atoms with Gasteiger partial charge in [0.25, 0.3) is 10.0 Å². The molecule has 0 radical (unpaired) electrons. The standard InChI is InChI=1S/C20H19N3O3S2/c24-20(13-15-27-17-6-2-1-3-7-17)22-16-9-11-18(12-10-16)28(25,26)23-19-8-4-5-14-21-19/h1-12,14H,13,15H2,(H,21,23)(H,22,24). The molecule has 3 aromatic rings. The number of hydrogen-bond donors (Lipinski definition) is 2. The fourth-order valence-corrected chi connectivity index (χ4v) is 4.22. The van der Waals surface area contributed by atoms with Gasteiger partial charge >= 0.3 is 0 Å². The van der Waals surface area contributed by atoms with Gasteiger partial charge in [0.1, 0.15) is 5.82 Å². The minimum absolute atomic E-state index is 0.0933. The first-order valence-electron chi connectivity index (χ1n) is 8.54. The molecule has 0 atom stereocenters. The van der Waals surface area contributed by atoms with E-state index in [4.69, 9.17) is 0 Å². The molecule has 1 amide bonds. The van der Waals surface area contributed by atoms with Crippen LogP contribution in [0.5, 0.6) is 0 Å². The molecule has 2 aromatic carbocycles. The van der Waals surface area contributed by atoms with Crippen molar-refractivity contribution in [3.05, 3.63) is 79.0 Å². The molecule has 0 aliphatic heterocycles. The minimum atomic E-state index is -3.73. The van der Waals surface area contributed by atoms with E-state index in [0.717, 1.165) is 4.90 Å². The molecule has 28 heavy (non-hydrogen) atoms. The Balaban J connectivity index is 1.53. The van der Waals surface area contributed by atoms with Crippen molar-refractivity contribution in [1.82, 2.24) is 4.98 Å². The fourth-order valence-electron chi connectivity index (χ4n) is 2.34. The lowest BCUT2D eigenvalue weighted by molar-refractivity contribution is -0.115. The molecule has 0 bridgehead atoms. The number of sulfonamides is 1. The zero-order chi connectivity index (χ0) is 19.8. The summed E-state index contributed by atoms with van der Waals surface area (Å²) in [6.07, 6.45) is 1.87. The Hall–Kier alpha value is -2.84. The van der Waals surface area contributed by atoms with E-state index in [2.05, 4.69) is 15.0 Å². The van der Waals surface area contributed by atoms with Crippen LogP contribution >= 0.6 is 11.8 Å². The first kappa shape index (κ1) is 19.9. The van der Waals surface area contributed by atoms with Crippen molar-refractivity contribution in [3.63, 3.8) is 0 Å². The van der Waals surface area contributed by atoms with Gasteiger partial charge in [-0.1, -0.05) is 24.3 Å². The van der Waals surface area contributed by atoms with Gasteiger partial charge in [-0.3, -0.25) is 9.52 Å². The van der Waals surface area contributed by atoms with Crippen molar-refractivity contribution < 1.29 is 13.2 Å². The maximum absolute atomic E-state index is 12.4. The monoisotopic (exact) mass is 413 g/mol. The van der Waals surface area contributed by atoms with Gasteiger partial charge in [0.05, 0.1) is 4.90 Å². The molecule has 1 heterocycles. The van der Waals surface area contributed by atoms with Crippen LogP contribution in [0, 0.1) is 0 Å². The van der Waals surface area contributed by atoms with Crippen LogP contribution in [-0.4, -0.2) is 25.1 Å². The van der Waals surface area contributed by atoms with E-state index in [1.165, 1.54) is 18.3 Å². The minimum Gasteiger partial charge on any atom is -0.326 e. The molecule has 0 spiro atoms. The molecule has 0 saturated carbocycles. The Morgan fingerprint density at radius 1 is 0.929 bits per heavy atom. The third-order valence-electron chi connectivity index (χ3n) is 3.69. The summed E-state index contributed by atoms with van der Waals surface area (Å²) in [4.78, 5) is 17.2.